The third-order valence-corrected chi connectivity index (χ3v) is 4.92. The second-order valence-corrected chi connectivity index (χ2v) is 6.03. The number of carbonyl (C=O) groups excluding carboxylic acids is 1. The minimum atomic E-state index is 0.394. The predicted molar refractivity (Wildman–Crippen MR) is 72.7 cm³/mol. The van der Waals surface area contributed by atoms with Crippen LogP contribution < -0.4 is 0 Å². The maximum atomic E-state index is 12.0. The first-order valence-corrected chi connectivity index (χ1v) is 7.74. The van der Waals surface area contributed by atoms with E-state index in [9.17, 15) is 4.79 Å². The molecule has 0 saturated heterocycles. The molecule has 17 heavy (non-hydrogen) atoms. The molecule has 0 spiro atoms. The van der Waals surface area contributed by atoms with E-state index in [4.69, 9.17) is 0 Å². The molecule has 0 amide bonds. The maximum absolute atomic E-state index is 12.0. The van der Waals surface area contributed by atoms with Gasteiger partial charge in [-0.1, -0.05) is 19.4 Å². The van der Waals surface area contributed by atoms with Crippen LogP contribution in [0, 0.1) is 0 Å². The monoisotopic (exact) mass is 246 g/mol. The smallest absolute Gasteiger partial charge is 0.163 e. The first-order valence-electron chi connectivity index (χ1n) is 6.58. The van der Waals surface area contributed by atoms with Gasteiger partial charge in [0, 0.05) is 23.5 Å². The second kappa shape index (κ2) is 4.49. The molecule has 1 aliphatic carbocycles. The van der Waals surface area contributed by atoms with E-state index in [0.717, 1.165) is 36.3 Å². The summed E-state index contributed by atoms with van der Waals surface area (Å²) in [4.78, 5) is 12.0. The molecule has 0 aromatic heterocycles. The predicted octanol–water partition coefficient (Wildman–Crippen LogP) is 3.90. The molecule has 0 saturated carbocycles. The van der Waals surface area contributed by atoms with Crippen LogP contribution in [-0.2, 0) is 24.3 Å². The zero-order valence-electron chi connectivity index (χ0n) is 10.3. The molecule has 1 aliphatic heterocycles. The molecule has 2 heteroatoms. The fourth-order valence-electron chi connectivity index (χ4n) is 3.03. The van der Waals surface area contributed by atoms with E-state index in [1.54, 1.807) is 0 Å². The number of unbranched alkanes of at least 4 members (excludes halogenated alkanes) is 1. The molecule has 1 aromatic carbocycles. The van der Waals surface area contributed by atoms with Crippen molar-refractivity contribution in [1.82, 2.24) is 0 Å². The molecule has 0 radical (unpaired) electrons. The molecule has 2 aliphatic rings. The van der Waals surface area contributed by atoms with E-state index in [0.29, 0.717) is 5.78 Å². The molecule has 0 atom stereocenters. The van der Waals surface area contributed by atoms with Gasteiger partial charge >= 0.3 is 0 Å². The van der Waals surface area contributed by atoms with Gasteiger partial charge in [0.2, 0.25) is 0 Å². The number of benzene rings is 1. The zero-order valence-corrected chi connectivity index (χ0v) is 11.2. The first kappa shape index (κ1) is 11.3. The number of thioether (sulfide) groups is 1. The molecule has 1 nitrogen and oxygen atoms in total. The second-order valence-electron chi connectivity index (χ2n) is 5.05. The molecule has 0 fully saturated rings. The van der Waals surface area contributed by atoms with Gasteiger partial charge in [-0.15, -0.1) is 0 Å². The zero-order chi connectivity index (χ0) is 11.8. The molecule has 0 unspecified atom stereocenters. The SMILES string of the molecule is CCCCc1c2c(cc3c1C(=O)CC3)CSC2. The lowest BCUT2D eigenvalue weighted by atomic mass is 9.91. The Hall–Kier alpha value is -0.760. The minimum Gasteiger partial charge on any atom is -0.294 e. The quantitative estimate of drug-likeness (QED) is 0.804. The molecule has 0 N–H and O–H groups in total. The van der Waals surface area contributed by atoms with Gasteiger partial charge < -0.3 is 0 Å². The van der Waals surface area contributed by atoms with Crippen molar-refractivity contribution >= 4 is 17.5 Å². The number of aryl methyl sites for hydroxylation is 1. The topological polar surface area (TPSA) is 17.1 Å². The third-order valence-electron chi connectivity index (χ3n) is 3.91. The number of hydrogen-bond donors (Lipinski definition) is 0. The van der Waals surface area contributed by atoms with Crippen LogP contribution in [0.5, 0.6) is 0 Å². The van der Waals surface area contributed by atoms with Crippen LogP contribution in [0.2, 0.25) is 0 Å². The fraction of sp³-hybridized carbons (Fsp3) is 0.533. The highest BCUT2D eigenvalue weighted by Gasteiger charge is 2.28. The third kappa shape index (κ3) is 1.83. The van der Waals surface area contributed by atoms with Crippen molar-refractivity contribution in [2.75, 3.05) is 0 Å². The summed E-state index contributed by atoms with van der Waals surface area (Å²) in [6, 6.07) is 2.31. The van der Waals surface area contributed by atoms with Gasteiger partial charge in [0.15, 0.2) is 5.78 Å². The Morgan fingerprint density at radius 1 is 1.24 bits per heavy atom. The Balaban J connectivity index is 2.12. The standard InChI is InChI=1S/C15H18OS/c1-2-3-4-12-13-9-17-8-11(13)7-10-5-6-14(16)15(10)12/h7H,2-6,8-9H2,1H3. The lowest BCUT2D eigenvalue weighted by molar-refractivity contribution is 0.0993. The number of Topliss-reactive ketones (excluding diaryl/α,β-unsaturated/α-hetero) is 1. The van der Waals surface area contributed by atoms with Gasteiger partial charge in [0.05, 0.1) is 0 Å². The molecule has 1 aromatic rings. The number of ketones is 1. The summed E-state index contributed by atoms with van der Waals surface area (Å²) in [5.74, 6) is 2.66. The Morgan fingerprint density at radius 2 is 2.12 bits per heavy atom. The van der Waals surface area contributed by atoms with Crippen molar-refractivity contribution < 1.29 is 4.79 Å². The summed E-state index contributed by atoms with van der Waals surface area (Å²) in [5, 5.41) is 0. The Labute approximate surface area is 107 Å². The van der Waals surface area contributed by atoms with Gasteiger partial charge in [0.25, 0.3) is 0 Å². The largest absolute Gasteiger partial charge is 0.294 e. The van der Waals surface area contributed by atoms with Crippen molar-refractivity contribution in [3.63, 3.8) is 0 Å². The van der Waals surface area contributed by atoms with E-state index in [1.807, 2.05) is 11.8 Å². The maximum Gasteiger partial charge on any atom is 0.163 e. The number of hydrogen-bond acceptors (Lipinski definition) is 2. The van der Waals surface area contributed by atoms with Crippen LogP contribution in [-0.4, -0.2) is 5.78 Å². The number of fused-ring (bicyclic) bond motifs is 2. The van der Waals surface area contributed by atoms with Gasteiger partial charge in [-0.05, 0) is 41.5 Å². The van der Waals surface area contributed by atoms with Crippen LogP contribution >= 0.6 is 11.8 Å². The van der Waals surface area contributed by atoms with Crippen molar-refractivity contribution in [2.45, 2.75) is 50.5 Å². The summed E-state index contributed by atoms with van der Waals surface area (Å²) in [5.41, 5.74) is 6.86. The highest BCUT2D eigenvalue weighted by atomic mass is 32.2. The Bertz CT molecular complexity index is 476. The first-order chi connectivity index (χ1) is 8.31. The summed E-state index contributed by atoms with van der Waals surface area (Å²) in [6.07, 6.45) is 5.24. The Morgan fingerprint density at radius 3 is 2.94 bits per heavy atom. The summed E-state index contributed by atoms with van der Waals surface area (Å²) in [7, 11) is 0. The van der Waals surface area contributed by atoms with E-state index < -0.39 is 0 Å². The summed E-state index contributed by atoms with van der Waals surface area (Å²) < 4.78 is 0. The van der Waals surface area contributed by atoms with Crippen LogP contribution in [0.15, 0.2) is 6.07 Å². The minimum absolute atomic E-state index is 0.394. The van der Waals surface area contributed by atoms with E-state index >= 15 is 0 Å². The average Bonchev–Trinajstić information content (AvgIpc) is 2.92. The van der Waals surface area contributed by atoms with Gasteiger partial charge in [-0.25, -0.2) is 0 Å². The average molecular weight is 246 g/mol. The van der Waals surface area contributed by atoms with Gasteiger partial charge in [0.1, 0.15) is 0 Å². The van der Waals surface area contributed by atoms with Crippen molar-refractivity contribution in [2.24, 2.45) is 0 Å². The number of carbonyl (C=O) groups is 1. The van der Waals surface area contributed by atoms with E-state index in [-0.39, 0.29) is 0 Å². The molecule has 90 valence electrons. The van der Waals surface area contributed by atoms with Crippen molar-refractivity contribution in [3.05, 3.63) is 33.9 Å². The molecule has 3 rings (SSSR count). The summed E-state index contributed by atoms with van der Waals surface area (Å²) in [6.45, 7) is 2.22. The Kier molecular flexibility index (Phi) is 2.99. The van der Waals surface area contributed by atoms with E-state index in [1.165, 1.54) is 35.1 Å². The lowest BCUT2D eigenvalue weighted by Gasteiger charge is -2.13. The summed E-state index contributed by atoms with van der Waals surface area (Å²) >= 11 is 1.99. The van der Waals surface area contributed by atoms with Crippen LogP contribution in [0.4, 0.5) is 0 Å². The lowest BCUT2D eigenvalue weighted by Crippen LogP contribution is -2.04. The molecular formula is C15H18OS. The highest BCUT2D eigenvalue weighted by molar-refractivity contribution is 7.98. The van der Waals surface area contributed by atoms with Crippen molar-refractivity contribution in [3.8, 4) is 0 Å². The van der Waals surface area contributed by atoms with Crippen LogP contribution in [0.3, 0.4) is 0 Å². The van der Waals surface area contributed by atoms with Gasteiger partial charge in [-0.2, -0.15) is 11.8 Å². The van der Waals surface area contributed by atoms with Gasteiger partial charge in [-0.3, -0.25) is 4.79 Å². The van der Waals surface area contributed by atoms with Crippen molar-refractivity contribution in [1.29, 1.82) is 0 Å². The van der Waals surface area contributed by atoms with E-state index in [2.05, 4.69) is 13.0 Å². The highest BCUT2D eigenvalue weighted by Crippen LogP contribution is 2.39. The molecule has 1 heterocycles. The number of rotatable bonds is 3. The molecule has 0 bridgehead atoms. The van der Waals surface area contributed by atoms with Crippen LogP contribution in [0.1, 0.15) is 58.8 Å². The van der Waals surface area contributed by atoms with Crippen LogP contribution in [0.25, 0.3) is 0 Å². The normalized spacial score (nSPS) is 17.4. The fourth-order valence-corrected chi connectivity index (χ4v) is 4.17. The molecular weight excluding hydrogens is 228 g/mol.